The van der Waals surface area contributed by atoms with E-state index in [9.17, 15) is 4.79 Å². The normalized spacial score (nSPS) is 10.3. The summed E-state index contributed by atoms with van der Waals surface area (Å²) in [7, 11) is 0. The van der Waals surface area contributed by atoms with Gasteiger partial charge < -0.3 is 15.5 Å². The number of thiocarbonyl (C=S) groups is 1. The van der Waals surface area contributed by atoms with E-state index in [0.29, 0.717) is 22.9 Å². The second-order valence-electron chi connectivity index (χ2n) is 4.57. The van der Waals surface area contributed by atoms with E-state index in [1.165, 1.54) is 0 Å². The van der Waals surface area contributed by atoms with Crippen LogP contribution < -0.4 is 11.1 Å². The van der Waals surface area contributed by atoms with Gasteiger partial charge in [-0.2, -0.15) is 0 Å². The average molecular weight is 288 g/mol. The molecule has 0 saturated carbocycles. The predicted molar refractivity (Wildman–Crippen MR) is 81.7 cm³/mol. The number of benzene rings is 1. The fourth-order valence-corrected chi connectivity index (χ4v) is 2.06. The molecule has 1 aromatic heterocycles. The van der Waals surface area contributed by atoms with Gasteiger partial charge in [0.1, 0.15) is 16.5 Å². The molecule has 0 unspecified atom stereocenters. The SMILES string of the molecule is Cc1cc(C(=O)NCc2ccc(C(N)=S)cc2)c(C)o1. The largest absolute Gasteiger partial charge is 0.466 e. The summed E-state index contributed by atoms with van der Waals surface area (Å²) in [5.41, 5.74) is 7.90. The van der Waals surface area contributed by atoms with E-state index >= 15 is 0 Å². The van der Waals surface area contributed by atoms with Crippen molar-refractivity contribution in [3.63, 3.8) is 0 Å². The number of aryl methyl sites for hydroxylation is 2. The molecule has 0 saturated heterocycles. The van der Waals surface area contributed by atoms with E-state index in [0.717, 1.165) is 16.9 Å². The molecule has 4 nitrogen and oxygen atoms in total. The molecular weight excluding hydrogens is 272 g/mol. The van der Waals surface area contributed by atoms with Crippen LogP contribution in [0.5, 0.6) is 0 Å². The molecule has 0 aliphatic heterocycles. The minimum atomic E-state index is -0.141. The third-order valence-corrected chi connectivity index (χ3v) is 3.21. The molecule has 2 rings (SSSR count). The summed E-state index contributed by atoms with van der Waals surface area (Å²) >= 11 is 4.89. The van der Waals surface area contributed by atoms with Gasteiger partial charge in [-0.15, -0.1) is 0 Å². The topological polar surface area (TPSA) is 68.3 Å². The third-order valence-electron chi connectivity index (χ3n) is 2.98. The minimum Gasteiger partial charge on any atom is -0.466 e. The number of hydrogen-bond donors (Lipinski definition) is 2. The van der Waals surface area contributed by atoms with E-state index in [2.05, 4.69) is 5.32 Å². The van der Waals surface area contributed by atoms with Gasteiger partial charge >= 0.3 is 0 Å². The summed E-state index contributed by atoms with van der Waals surface area (Å²) in [6.45, 7) is 4.04. The zero-order valence-electron chi connectivity index (χ0n) is 11.4. The molecule has 5 heteroatoms. The van der Waals surface area contributed by atoms with Gasteiger partial charge in [0.25, 0.3) is 5.91 Å². The molecule has 20 heavy (non-hydrogen) atoms. The fourth-order valence-electron chi connectivity index (χ4n) is 1.92. The van der Waals surface area contributed by atoms with Gasteiger partial charge in [-0.25, -0.2) is 0 Å². The van der Waals surface area contributed by atoms with Gasteiger partial charge in [0.15, 0.2) is 0 Å². The number of rotatable bonds is 4. The van der Waals surface area contributed by atoms with Crippen molar-refractivity contribution < 1.29 is 9.21 Å². The molecule has 1 aromatic carbocycles. The first-order chi connectivity index (χ1) is 9.47. The Morgan fingerprint density at radius 2 is 1.95 bits per heavy atom. The fraction of sp³-hybridized carbons (Fsp3) is 0.200. The monoisotopic (exact) mass is 288 g/mol. The number of nitrogens with one attached hydrogen (secondary N) is 1. The quantitative estimate of drug-likeness (QED) is 0.848. The second kappa shape index (κ2) is 5.88. The lowest BCUT2D eigenvalue weighted by atomic mass is 10.1. The molecule has 3 N–H and O–H groups in total. The van der Waals surface area contributed by atoms with Crippen LogP contribution in [0.1, 0.15) is 33.0 Å². The Hall–Kier alpha value is -2.14. The van der Waals surface area contributed by atoms with Gasteiger partial charge in [0.2, 0.25) is 0 Å². The van der Waals surface area contributed by atoms with Gasteiger partial charge in [-0.3, -0.25) is 4.79 Å². The average Bonchev–Trinajstić information content (AvgIpc) is 2.75. The Kier molecular flexibility index (Phi) is 4.20. The summed E-state index contributed by atoms with van der Waals surface area (Å²) < 4.78 is 5.34. The molecule has 0 radical (unpaired) electrons. The summed E-state index contributed by atoms with van der Waals surface area (Å²) in [4.78, 5) is 12.4. The van der Waals surface area contributed by atoms with Gasteiger partial charge in [0, 0.05) is 12.1 Å². The van der Waals surface area contributed by atoms with Crippen molar-refractivity contribution in [2.24, 2.45) is 5.73 Å². The van der Waals surface area contributed by atoms with E-state index in [4.69, 9.17) is 22.4 Å². The smallest absolute Gasteiger partial charge is 0.255 e. The van der Waals surface area contributed by atoms with Crippen LogP contribution in [0.3, 0.4) is 0 Å². The first kappa shape index (κ1) is 14.3. The Balaban J connectivity index is 2.00. The van der Waals surface area contributed by atoms with E-state index in [1.54, 1.807) is 13.0 Å². The standard InChI is InChI=1S/C15H16N2O2S/c1-9-7-13(10(2)19-9)15(18)17-8-11-3-5-12(6-4-11)14(16)20/h3-7H,8H2,1-2H3,(H2,16,20)(H,17,18). The number of carbonyl (C=O) groups is 1. The molecule has 2 aromatic rings. The molecule has 0 fully saturated rings. The minimum absolute atomic E-state index is 0.141. The molecule has 104 valence electrons. The van der Waals surface area contributed by atoms with Gasteiger partial charge in [-0.1, -0.05) is 36.5 Å². The van der Waals surface area contributed by atoms with Crippen molar-refractivity contribution in [2.75, 3.05) is 0 Å². The van der Waals surface area contributed by atoms with Crippen LogP contribution in [-0.2, 0) is 6.54 Å². The highest BCUT2D eigenvalue weighted by atomic mass is 32.1. The molecule has 0 spiro atoms. The van der Waals surface area contributed by atoms with Gasteiger partial charge in [-0.05, 0) is 25.5 Å². The molecule has 0 aliphatic rings. The summed E-state index contributed by atoms with van der Waals surface area (Å²) in [5, 5.41) is 2.86. The van der Waals surface area contributed by atoms with Crippen molar-refractivity contribution in [3.05, 3.63) is 58.5 Å². The number of furan rings is 1. The Labute approximate surface area is 123 Å². The molecule has 1 amide bonds. The summed E-state index contributed by atoms with van der Waals surface area (Å²) in [6, 6.07) is 9.21. The Bertz CT molecular complexity index is 644. The van der Waals surface area contributed by atoms with E-state index < -0.39 is 0 Å². The van der Waals surface area contributed by atoms with Crippen molar-refractivity contribution in [1.29, 1.82) is 0 Å². The van der Waals surface area contributed by atoms with E-state index in [-0.39, 0.29) is 5.91 Å². The molecule has 1 heterocycles. The molecule has 0 atom stereocenters. The van der Waals surface area contributed by atoms with Crippen LogP contribution in [0, 0.1) is 13.8 Å². The van der Waals surface area contributed by atoms with Crippen LogP contribution in [-0.4, -0.2) is 10.9 Å². The second-order valence-corrected chi connectivity index (χ2v) is 5.01. The third kappa shape index (κ3) is 3.24. The lowest BCUT2D eigenvalue weighted by Gasteiger charge is -2.05. The van der Waals surface area contributed by atoms with Crippen LogP contribution in [0.15, 0.2) is 34.7 Å². The number of nitrogens with two attached hydrogens (primary N) is 1. The van der Waals surface area contributed by atoms with E-state index in [1.807, 2.05) is 31.2 Å². The van der Waals surface area contributed by atoms with Crippen molar-refractivity contribution in [1.82, 2.24) is 5.32 Å². The van der Waals surface area contributed by atoms with Crippen LogP contribution in [0.2, 0.25) is 0 Å². The molecule has 0 bridgehead atoms. The summed E-state index contributed by atoms with van der Waals surface area (Å²) in [6.07, 6.45) is 0. The Morgan fingerprint density at radius 1 is 1.30 bits per heavy atom. The predicted octanol–water partition coefficient (Wildman–Crippen LogP) is 2.46. The van der Waals surface area contributed by atoms with Gasteiger partial charge in [0.05, 0.1) is 5.56 Å². The first-order valence-corrected chi connectivity index (χ1v) is 6.62. The highest BCUT2D eigenvalue weighted by Gasteiger charge is 2.12. The van der Waals surface area contributed by atoms with Crippen LogP contribution in [0.4, 0.5) is 0 Å². The van der Waals surface area contributed by atoms with Crippen LogP contribution in [0.25, 0.3) is 0 Å². The van der Waals surface area contributed by atoms with Crippen LogP contribution >= 0.6 is 12.2 Å². The zero-order chi connectivity index (χ0) is 14.7. The van der Waals surface area contributed by atoms with Crippen molar-refractivity contribution in [3.8, 4) is 0 Å². The lowest BCUT2D eigenvalue weighted by Crippen LogP contribution is -2.23. The number of hydrogen-bond acceptors (Lipinski definition) is 3. The maximum atomic E-state index is 12.0. The lowest BCUT2D eigenvalue weighted by molar-refractivity contribution is 0.0949. The molecular formula is C15H16N2O2S. The maximum Gasteiger partial charge on any atom is 0.255 e. The number of carbonyl (C=O) groups excluding carboxylic acids is 1. The first-order valence-electron chi connectivity index (χ1n) is 6.21. The highest BCUT2D eigenvalue weighted by molar-refractivity contribution is 7.80. The van der Waals surface area contributed by atoms with Crippen molar-refractivity contribution in [2.45, 2.75) is 20.4 Å². The maximum absolute atomic E-state index is 12.0. The highest BCUT2D eigenvalue weighted by Crippen LogP contribution is 2.13. The number of amides is 1. The molecule has 0 aliphatic carbocycles. The van der Waals surface area contributed by atoms with Crippen molar-refractivity contribution >= 4 is 23.1 Å². The zero-order valence-corrected chi connectivity index (χ0v) is 12.2. The Morgan fingerprint density at radius 3 is 2.45 bits per heavy atom. The summed E-state index contributed by atoms with van der Waals surface area (Å²) in [5.74, 6) is 1.22.